The van der Waals surface area contributed by atoms with Crippen LogP contribution < -0.4 is 10.1 Å². The van der Waals surface area contributed by atoms with Gasteiger partial charge in [0.05, 0.1) is 0 Å². The van der Waals surface area contributed by atoms with Crippen LogP contribution >= 0.6 is 0 Å². The van der Waals surface area contributed by atoms with Gasteiger partial charge in [0.1, 0.15) is 11.7 Å². The van der Waals surface area contributed by atoms with Crippen LogP contribution in [0.4, 0.5) is 0 Å². The molecule has 2 aliphatic rings. The van der Waals surface area contributed by atoms with E-state index in [0.717, 1.165) is 11.3 Å². The first-order valence-electron chi connectivity index (χ1n) is 8.68. The van der Waals surface area contributed by atoms with Crippen LogP contribution in [-0.2, 0) is 9.59 Å². The molecule has 1 fully saturated rings. The molecule has 5 nitrogen and oxygen atoms in total. The first kappa shape index (κ1) is 17.5. The van der Waals surface area contributed by atoms with Crippen molar-refractivity contribution in [1.29, 1.82) is 0 Å². The van der Waals surface area contributed by atoms with E-state index >= 15 is 0 Å². The Balaban J connectivity index is 2.07. The molecule has 5 heteroatoms. The average Bonchev–Trinajstić information content (AvgIpc) is 2.49. The van der Waals surface area contributed by atoms with Crippen LogP contribution in [0, 0.1) is 5.92 Å². The molecule has 0 aliphatic carbocycles. The largest absolute Gasteiger partial charge is 0.468 e. The van der Waals surface area contributed by atoms with Crippen molar-refractivity contribution in [3.63, 3.8) is 0 Å². The number of benzene rings is 1. The first-order valence-corrected chi connectivity index (χ1v) is 8.68. The number of para-hydroxylation sites is 1. The van der Waals surface area contributed by atoms with Crippen LogP contribution in [0.1, 0.15) is 45.6 Å². The molecule has 2 aliphatic heterocycles. The third-order valence-electron chi connectivity index (χ3n) is 4.84. The molecule has 3 atom stereocenters. The predicted octanol–water partition coefficient (Wildman–Crippen LogP) is 2.83. The molecule has 134 valence electrons. The molecular weight excluding hydrogens is 316 g/mol. The van der Waals surface area contributed by atoms with Crippen molar-refractivity contribution >= 4 is 11.8 Å². The van der Waals surface area contributed by atoms with Crippen molar-refractivity contribution < 1.29 is 14.3 Å². The summed E-state index contributed by atoms with van der Waals surface area (Å²) in [5.41, 5.74) is -0.227. The zero-order valence-electron chi connectivity index (χ0n) is 15.3. The molecule has 1 aromatic rings. The van der Waals surface area contributed by atoms with Crippen molar-refractivity contribution in [2.24, 2.45) is 5.92 Å². The highest BCUT2D eigenvalue weighted by Crippen LogP contribution is 2.50. The normalized spacial score (nSPS) is 28.0. The maximum absolute atomic E-state index is 13.2. The molecule has 0 radical (unpaired) electrons. The predicted molar refractivity (Wildman–Crippen MR) is 96.1 cm³/mol. The van der Waals surface area contributed by atoms with E-state index in [-0.39, 0.29) is 17.7 Å². The lowest BCUT2D eigenvalue weighted by atomic mass is 9.73. The Bertz CT molecular complexity index is 722. The molecule has 1 aromatic carbocycles. The fraction of sp³-hybridized carbons (Fsp3) is 0.500. The number of amides is 2. The molecular formula is C20H26N2O3. The van der Waals surface area contributed by atoms with Crippen molar-refractivity contribution in [2.75, 3.05) is 6.54 Å². The molecule has 2 bridgehead atoms. The van der Waals surface area contributed by atoms with Crippen molar-refractivity contribution in [2.45, 2.75) is 51.3 Å². The van der Waals surface area contributed by atoms with Crippen LogP contribution in [0.15, 0.2) is 36.9 Å². The number of ether oxygens (including phenoxy) is 1. The van der Waals surface area contributed by atoms with E-state index in [1.165, 1.54) is 0 Å². The Morgan fingerprint density at radius 2 is 2.12 bits per heavy atom. The third-order valence-corrected chi connectivity index (χ3v) is 4.84. The summed E-state index contributed by atoms with van der Waals surface area (Å²) in [7, 11) is 0. The number of fused-ring (bicyclic) bond motifs is 4. The van der Waals surface area contributed by atoms with Crippen LogP contribution in [0.25, 0.3) is 0 Å². The van der Waals surface area contributed by atoms with Crippen LogP contribution in [0.3, 0.4) is 0 Å². The number of nitrogens with zero attached hydrogens (tertiary/aromatic N) is 1. The van der Waals surface area contributed by atoms with Crippen molar-refractivity contribution in [1.82, 2.24) is 10.2 Å². The number of carbonyl (C=O) groups is 2. The maximum Gasteiger partial charge on any atom is 0.239 e. The SMILES string of the molecule is C=CCN1C(=O)[C@H](C(=O)NC(C)(C)C)[C@H]2C[C@]1(C)Oc1ccccc12. The van der Waals surface area contributed by atoms with Gasteiger partial charge in [-0.3, -0.25) is 9.59 Å². The second-order valence-corrected chi connectivity index (χ2v) is 8.08. The van der Waals surface area contributed by atoms with Gasteiger partial charge in [0.25, 0.3) is 0 Å². The van der Waals surface area contributed by atoms with Gasteiger partial charge in [0, 0.05) is 24.4 Å². The highest BCUT2D eigenvalue weighted by atomic mass is 16.5. The van der Waals surface area contributed by atoms with Gasteiger partial charge in [0.15, 0.2) is 5.72 Å². The molecule has 3 rings (SSSR count). The summed E-state index contributed by atoms with van der Waals surface area (Å²) < 4.78 is 6.18. The number of likely N-dealkylation sites (tertiary alicyclic amines) is 1. The van der Waals surface area contributed by atoms with Gasteiger partial charge in [-0.05, 0) is 39.3 Å². The topological polar surface area (TPSA) is 58.6 Å². The lowest BCUT2D eigenvalue weighted by molar-refractivity contribution is -0.174. The number of hydrogen-bond acceptors (Lipinski definition) is 3. The smallest absolute Gasteiger partial charge is 0.239 e. The van der Waals surface area contributed by atoms with E-state index in [1.807, 2.05) is 52.0 Å². The minimum absolute atomic E-state index is 0.189. The Hall–Kier alpha value is -2.30. The summed E-state index contributed by atoms with van der Waals surface area (Å²) in [6, 6.07) is 7.69. The van der Waals surface area contributed by atoms with E-state index < -0.39 is 17.2 Å². The van der Waals surface area contributed by atoms with E-state index in [0.29, 0.717) is 13.0 Å². The van der Waals surface area contributed by atoms with E-state index in [9.17, 15) is 9.59 Å². The van der Waals surface area contributed by atoms with E-state index in [4.69, 9.17) is 4.74 Å². The lowest BCUT2D eigenvalue weighted by Crippen LogP contribution is -2.65. The molecule has 1 N–H and O–H groups in total. The maximum atomic E-state index is 13.2. The number of rotatable bonds is 3. The highest BCUT2D eigenvalue weighted by Gasteiger charge is 2.55. The van der Waals surface area contributed by atoms with Crippen LogP contribution in [0.5, 0.6) is 5.75 Å². The van der Waals surface area contributed by atoms with Gasteiger partial charge < -0.3 is 15.0 Å². The summed E-state index contributed by atoms with van der Waals surface area (Å²) in [5, 5.41) is 2.98. The average molecular weight is 342 g/mol. The monoisotopic (exact) mass is 342 g/mol. The number of hydrogen-bond donors (Lipinski definition) is 1. The molecule has 2 amide bonds. The summed E-state index contributed by atoms with van der Waals surface area (Å²) in [4.78, 5) is 27.8. The summed E-state index contributed by atoms with van der Waals surface area (Å²) in [5.74, 6) is -0.621. The zero-order valence-corrected chi connectivity index (χ0v) is 15.3. The minimum atomic E-state index is -0.761. The zero-order chi connectivity index (χ0) is 18.4. The second-order valence-electron chi connectivity index (χ2n) is 8.08. The van der Waals surface area contributed by atoms with E-state index in [1.54, 1.807) is 11.0 Å². The molecule has 1 saturated heterocycles. The first-order chi connectivity index (χ1) is 11.7. The van der Waals surface area contributed by atoms with Gasteiger partial charge in [0.2, 0.25) is 11.8 Å². The highest BCUT2D eigenvalue weighted by molar-refractivity contribution is 6.02. The number of piperidine rings is 1. The van der Waals surface area contributed by atoms with Gasteiger partial charge in [-0.25, -0.2) is 0 Å². The quantitative estimate of drug-likeness (QED) is 0.679. The number of carbonyl (C=O) groups excluding carboxylic acids is 2. The standard InChI is InChI=1S/C20H26N2O3/c1-6-11-22-18(24)16(17(23)21-19(2,3)4)14-12-20(22,5)25-15-10-8-7-9-13(14)15/h6-10,14,16H,1,11-12H2,2-5H3,(H,21,23)/t14-,16-,20-/m0/s1. The number of nitrogens with one attached hydrogen (secondary N) is 1. The molecule has 0 aromatic heterocycles. The van der Waals surface area contributed by atoms with Gasteiger partial charge in [-0.1, -0.05) is 24.3 Å². The molecule has 0 spiro atoms. The van der Waals surface area contributed by atoms with Gasteiger partial charge in [-0.15, -0.1) is 6.58 Å². The second kappa shape index (κ2) is 5.90. The fourth-order valence-corrected chi connectivity index (χ4v) is 3.87. The summed E-state index contributed by atoms with van der Waals surface area (Å²) in [6.07, 6.45) is 2.26. The van der Waals surface area contributed by atoms with Crippen molar-refractivity contribution in [3.8, 4) is 5.75 Å². The van der Waals surface area contributed by atoms with E-state index in [2.05, 4.69) is 11.9 Å². The Morgan fingerprint density at radius 3 is 2.76 bits per heavy atom. The van der Waals surface area contributed by atoms with Crippen LogP contribution in [0.2, 0.25) is 0 Å². The lowest BCUT2D eigenvalue weighted by Gasteiger charge is -2.52. The van der Waals surface area contributed by atoms with Gasteiger partial charge in [-0.2, -0.15) is 0 Å². The molecule has 0 unspecified atom stereocenters. The van der Waals surface area contributed by atoms with Crippen molar-refractivity contribution in [3.05, 3.63) is 42.5 Å². The third kappa shape index (κ3) is 3.03. The van der Waals surface area contributed by atoms with Gasteiger partial charge >= 0.3 is 0 Å². The molecule has 25 heavy (non-hydrogen) atoms. The summed E-state index contributed by atoms with van der Waals surface area (Å²) >= 11 is 0. The minimum Gasteiger partial charge on any atom is -0.468 e. The summed E-state index contributed by atoms with van der Waals surface area (Å²) in [6.45, 7) is 11.8. The fourth-order valence-electron chi connectivity index (χ4n) is 3.87. The van der Waals surface area contributed by atoms with Crippen LogP contribution in [-0.4, -0.2) is 34.5 Å². The molecule has 2 heterocycles. The molecule has 0 saturated carbocycles. The Labute approximate surface area is 149 Å². The Morgan fingerprint density at radius 1 is 1.44 bits per heavy atom. The Kier molecular flexibility index (Phi) is 4.13.